The van der Waals surface area contributed by atoms with Gasteiger partial charge in [-0.3, -0.25) is 14.5 Å². The number of carbonyl (C=O) groups is 2. The summed E-state index contributed by atoms with van der Waals surface area (Å²) in [6.07, 6.45) is 0. The molecule has 1 aliphatic heterocycles. The van der Waals surface area contributed by atoms with Gasteiger partial charge in [0, 0.05) is 16.1 Å². The summed E-state index contributed by atoms with van der Waals surface area (Å²) in [7, 11) is -2.38. The number of primary sulfonamides is 1. The Labute approximate surface area is 201 Å². The van der Waals surface area contributed by atoms with Crippen molar-refractivity contribution < 1.29 is 27.9 Å². The number of ether oxygens (including phenoxy) is 1. The van der Waals surface area contributed by atoms with Gasteiger partial charge in [0.2, 0.25) is 10.0 Å². The Morgan fingerprint density at radius 3 is 2.32 bits per heavy atom. The minimum atomic E-state index is -3.93. The molecule has 8 nitrogen and oxygen atoms in total. The Kier molecular flexibility index (Phi) is 6.07. The first-order valence-corrected chi connectivity index (χ1v) is 12.6. The van der Waals surface area contributed by atoms with Crippen LogP contribution in [0, 0.1) is 13.8 Å². The number of hydrogen-bond acceptors (Lipinski definition) is 7. The summed E-state index contributed by atoms with van der Waals surface area (Å²) in [6, 6.07) is 11.5. The van der Waals surface area contributed by atoms with E-state index in [0.717, 1.165) is 5.56 Å². The van der Waals surface area contributed by atoms with Crippen molar-refractivity contribution in [3.8, 4) is 5.75 Å². The van der Waals surface area contributed by atoms with Gasteiger partial charge in [0.05, 0.1) is 17.6 Å². The molecule has 1 aliphatic rings. The van der Waals surface area contributed by atoms with Gasteiger partial charge in [-0.2, -0.15) is 0 Å². The molecular formula is C24H22N2O6S2. The third-order valence-corrected chi connectivity index (χ3v) is 7.55. The molecule has 0 radical (unpaired) electrons. The second-order valence-corrected chi connectivity index (χ2v) is 10.4. The second kappa shape index (κ2) is 8.71. The van der Waals surface area contributed by atoms with Gasteiger partial charge in [0.15, 0.2) is 0 Å². The average molecular weight is 499 g/mol. The quantitative estimate of drug-likeness (QED) is 0.314. The average Bonchev–Trinajstić information content (AvgIpc) is 3.41. The van der Waals surface area contributed by atoms with Crippen LogP contribution in [0.2, 0.25) is 0 Å². The first-order valence-electron chi connectivity index (χ1n) is 10.2. The van der Waals surface area contributed by atoms with Crippen LogP contribution in [0.15, 0.2) is 64.4 Å². The minimum absolute atomic E-state index is 0.0457. The predicted octanol–water partition coefficient (Wildman–Crippen LogP) is 3.65. The number of ketones is 1. The molecule has 1 amide bonds. The number of carbonyl (C=O) groups excluding carboxylic acids is 2. The topological polar surface area (TPSA) is 127 Å². The van der Waals surface area contributed by atoms with Crippen LogP contribution in [0.4, 0.5) is 5.69 Å². The van der Waals surface area contributed by atoms with Gasteiger partial charge >= 0.3 is 0 Å². The Balaban J connectivity index is 1.91. The standard InChI is InChI=1S/C24H22N2O6S2/c1-13-12-18(32-3)14(2)11-17(13)22(27)20-21(19-5-4-10-33-19)26(24(29)23(20)28)15-6-8-16(9-7-15)34(25,30)31/h4-12,21,27H,1-3H3,(H2,25,30,31)/b22-20-. The molecule has 1 fully saturated rings. The summed E-state index contributed by atoms with van der Waals surface area (Å²) in [5.41, 5.74) is 2.11. The lowest BCUT2D eigenvalue weighted by Gasteiger charge is -2.24. The third-order valence-electron chi connectivity index (χ3n) is 5.70. The third kappa shape index (κ3) is 4.00. The minimum Gasteiger partial charge on any atom is -0.507 e. The number of aryl methyl sites for hydroxylation is 2. The summed E-state index contributed by atoms with van der Waals surface area (Å²) < 4.78 is 28.6. The summed E-state index contributed by atoms with van der Waals surface area (Å²) in [6.45, 7) is 3.59. The summed E-state index contributed by atoms with van der Waals surface area (Å²) in [5.74, 6) is -1.31. The number of hydrogen-bond donors (Lipinski definition) is 2. The number of benzene rings is 2. The number of nitrogens with two attached hydrogens (primary N) is 1. The molecule has 0 aliphatic carbocycles. The number of methoxy groups -OCH3 is 1. The van der Waals surface area contributed by atoms with Crippen molar-refractivity contribution in [2.45, 2.75) is 24.8 Å². The molecule has 3 aromatic rings. The molecule has 3 N–H and O–H groups in total. The van der Waals surface area contributed by atoms with Crippen LogP contribution in [-0.4, -0.2) is 32.3 Å². The van der Waals surface area contributed by atoms with E-state index >= 15 is 0 Å². The van der Waals surface area contributed by atoms with Crippen LogP contribution in [0.5, 0.6) is 5.75 Å². The number of aliphatic hydroxyl groups excluding tert-OH is 1. The lowest BCUT2D eigenvalue weighted by Crippen LogP contribution is -2.29. The fourth-order valence-electron chi connectivity index (χ4n) is 4.02. The van der Waals surface area contributed by atoms with Crippen LogP contribution in [0.3, 0.4) is 0 Å². The highest BCUT2D eigenvalue weighted by Gasteiger charge is 2.47. The van der Waals surface area contributed by atoms with Crippen LogP contribution in [0.25, 0.3) is 5.76 Å². The first kappa shape index (κ1) is 23.7. The molecule has 2 aromatic carbocycles. The van der Waals surface area contributed by atoms with Gasteiger partial charge < -0.3 is 9.84 Å². The number of Topliss-reactive ketones (excluding diaryl/α,β-unsaturated/α-hetero) is 1. The molecule has 176 valence electrons. The van der Waals surface area contributed by atoms with Crippen molar-refractivity contribution >= 4 is 44.5 Å². The SMILES string of the molecule is COc1cc(C)c(/C(O)=C2/C(=O)C(=O)N(c3ccc(S(N)(=O)=O)cc3)C2c2cccs2)cc1C. The molecule has 1 saturated heterocycles. The largest absolute Gasteiger partial charge is 0.507 e. The van der Waals surface area contributed by atoms with Crippen LogP contribution in [0.1, 0.15) is 27.6 Å². The molecule has 10 heteroatoms. The zero-order valence-corrected chi connectivity index (χ0v) is 20.2. The Morgan fingerprint density at radius 2 is 1.76 bits per heavy atom. The number of thiophene rings is 1. The predicted molar refractivity (Wildman–Crippen MR) is 129 cm³/mol. The molecule has 0 saturated carbocycles. The Bertz CT molecular complexity index is 1420. The maximum absolute atomic E-state index is 13.2. The fraction of sp³-hybridized carbons (Fsp3) is 0.167. The van der Waals surface area contributed by atoms with Gasteiger partial charge in [0.1, 0.15) is 17.6 Å². The van der Waals surface area contributed by atoms with Crippen molar-refractivity contribution in [2.24, 2.45) is 5.14 Å². The van der Waals surface area contributed by atoms with Crippen molar-refractivity contribution in [1.29, 1.82) is 0 Å². The summed E-state index contributed by atoms with van der Waals surface area (Å²) >= 11 is 1.33. The molecular weight excluding hydrogens is 476 g/mol. The normalized spacial score (nSPS) is 17.9. The van der Waals surface area contributed by atoms with E-state index in [1.165, 1.54) is 40.5 Å². The highest BCUT2D eigenvalue weighted by Crippen LogP contribution is 2.44. The molecule has 2 heterocycles. The first-order chi connectivity index (χ1) is 16.0. The number of amides is 1. The lowest BCUT2D eigenvalue weighted by molar-refractivity contribution is -0.132. The molecule has 1 atom stereocenters. The van der Waals surface area contributed by atoms with Crippen molar-refractivity contribution in [3.05, 3.63) is 81.1 Å². The zero-order valence-electron chi connectivity index (χ0n) is 18.6. The van der Waals surface area contributed by atoms with Gasteiger partial charge in [-0.05, 0) is 72.8 Å². The van der Waals surface area contributed by atoms with Crippen molar-refractivity contribution in [3.63, 3.8) is 0 Å². The van der Waals surface area contributed by atoms with E-state index in [0.29, 0.717) is 27.4 Å². The number of rotatable bonds is 5. The maximum Gasteiger partial charge on any atom is 0.300 e. The van der Waals surface area contributed by atoms with Crippen molar-refractivity contribution in [2.75, 3.05) is 12.0 Å². The Morgan fingerprint density at radius 1 is 1.09 bits per heavy atom. The molecule has 34 heavy (non-hydrogen) atoms. The van der Waals surface area contributed by atoms with E-state index in [9.17, 15) is 23.1 Å². The highest BCUT2D eigenvalue weighted by molar-refractivity contribution is 7.89. The van der Waals surface area contributed by atoms with E-state index in [4.69, 9.17) is 9.88 Å². The van der Waals surface area contributed by atoms with Crippen LogP contribution >= 0.6 is 11.3 Å². The smallest absolute Gasteiger partial charge is 0.300 e. The van der Waals surface area contributed by atoms with Gasteiger partial charge in [-0.15, -0.1) is 11.3 Å². The molecule has 0 bridgehead atoms. The highest BCUT2D eigenvalue weighted by atomic mass is 32.2. The number of nitrogens with zero attached hydrogens (tertiary/aromatic N) is 1. The van der Waals surface area contributed by atoms with E-state index in [1.54, 1.807) is 38.3 Å². The number of sulfonamides is 1. The zero-order chi connectivity index (χ0) is 24.8. The summed E-state index contributed by atoms with van der Waals surface area (Å²) in [4.78, 5) is 28.2. The molecule has 1 aromatic heterocycles. The lowest BCUT2D eigenvalue weighted by atomic mass is 9.96. The van der Waals surface area contributed by atoms with E-state index < -0.39 is 27.8 Å². The van der Waals surface area contributed by atoms with Crippen molar-refractivity contribution in [1.82, 2.24) is 0 Å². The fourth-order valence-corrected chi connectivity index (χ4v) is 5.36. The maximum atomic E-state index is 13.2. The monoisotopic (exact) mass is 498 g/mol. The van der Waals surface area contributed by atoms with E-state index in [2.05, 4.69) is 0 Å². The van der Waals surface area contributed by atoms with Gasteiger partial charge in [0.25, 0.3) is 11.7 Å². The molecule has 4 rings (SSSR count). The van der Waals surface area contributed by atoms with Crippen LogP contribution in [-0.2, 0) is 19.6 Å². The number of anilines is 1. The molecule has 0 spiro atoms. The molecule has 1 unspecified atom stereocenters. The summed E-state index contributed by atoms with van der Waals surface area (Å²) in [5, 5.41) is 18.3. The van der Waals surface area contributed by atoms with Gasteiger partial charge in [-0.25, -0.2) is 13.6 Å². The second-order valence-electron chi connectivity index (χ2n) is 7.86. The number of aliphatic hydroxyl groups is 1. The van der Waals surface area contributed by atoms with E-state index in [-0.39, 0.29) is 16.2 Å². The van der Waals surface area contributed by atoms with Crippen LogP contribution < -0.4 is 14.8 Å². The van der Waals surface area contributed by atoms with Gasteiger partial charge in [-0.1, -0.05) is 6.07 Å². The Hall–Kier alpha value is -3.47. The van der Waals surface area contributed by atoms with E-state index in [1.807, 2.05) is 12.3 Å².